The lowest BCUT2D eigenvalue weighted by Crippen LogP contribution is -2.15. The van der Waals surface area contributed by atoms with E-state index in [4.69, 9.17) is 5.73 Å². The second kappa shape index (κ2) is 5.71. The molecule has 2 heterocycles. The van der Waals surface area contributed by atoms with Gasteiger partial charge in [-0.05, 0) is 43.8 Å². The minimum atomic E-state index is -0.221. The Morgan fingerprint density at radius 2 is 2.14 bits per heavy atom. The number of nitrogens with two attached hydrogens (primary N) is 1. The molecule has 0 bridgehead atoms. The largest absolute Gasteiger partial charge is 0.361 e. The highest BCUT2D eigenvalue weighted by Gasteiger charge is 2.13. The summed E-state index contributed by atoms with van der Waals surface area (Å²) in [5.41, 5.74) is 9.83. The van der Waals surface area contributed by atoms with Crippen LogP contribution in [0, 0.1) is 0 Å². The second-order valence-corrected chi connectivity index (χ2v) is 5.62. The highest BCUT2D eigenvalue weighted by atomic mass is 15.0. The third-order valence-corrected chi connectivity index (χ3v) is 3.79. The Kier molecular flexibility index (Phi) is 3.77. The molecule has 0 saturated heterocycles. The molecule has 5 heteroatoms. The molecule has 1 atom stereocenters. The number of H-pyrrole nitrogens is 2. The van der Waals surface area contributed by atoms with Gasteiger partial charge in [0.25, 0.3) is 0 Å². The van der Waals surface area contributed by atoms with Crippen LogP contribution in [-0.2, 0) is 6.42 Å². The number of nitrogens with one attached hydrogen (secondary N) is 2. The summed E-state index contributed by atoms with van der Waals surface area (Å²) in [7, 11) is 4.18. The van der Waals surface area contributed by atoms with E-state index in [0.29, 0.717) is 0 Å². The van der Waals surface area contributed by atoms with Crippen molar-refractivity contribution < 1.29 is 0 Å². The first kappa shape index (κ1) is 13.9. The number of rotatable bonds is 5. The summed E-state index contributed by atoms with van der Waals surface area (Å²) in [6, 6.07) is 6.10. The first-order valence-electron chi connectivity index (χ1n) is 7.14. The Morgan fingerprint density at radius 3 is 2.86 bits per heavy atom. The Labute approximate surface area is 124 Å². The summed E-state index contributed by atoms with van der Waals surface area (Å²) in [4.78, 5) is 12.9. The fourth-order valence-corrected chi connectivity index (χ4v) is 2.55. The Hall–Kier alpha value is -2.11. The van der Waals surface area contributed by atoms with Gasteiger partial charge >= 0.3 is 0 Å². The number of imidazole rings is 1. The summed E-state index contributed by atoms with van der Waals surface area (Å²) in [6.45, 7) is 1.03. The summed E-state index contributed by atoms with van der Waals surface area (Å²) < 4.78 is 0. The molecular formula is C16H21N5. The number of benzene rings is 1. The lowest BCUT2D eigenvalue weighted by atomic mass is 10.0. The molecule has 4 N–H and O–H groups in total. The Morgan fingerprint density at radius 1 is 1.29 bits per heavy atom. The van der Waals surface area contributed by atoms with Gasteiger partial charge in [0.05, 0.1) is 6.04 Å². The van der Waals surface area contributed by atoms with E-state index in [-0.39, 0.29) is 6.04 Å². The van der Waals surface area contributed by atoms with E-state index in [1.807, 2.05) is 0 Å². The van der Waals surface area contributed by atoms with Gasteiger partial charge in [-0.1, -0.05) is 6.07 Å². The van der Waals surface area contributed by atoms with Crippen LogP contribution in [0.5, 0.6) is 0 Å². The van der Waals surface area contributed by atoms with Crippen molar-refractivity contribution in [3.05, 3.63) is 53.7 Å². The molecule has 0 aliphatic rings. The third-order valence-electron chi connectivity index (χ3n) is 3.79. The number of hydrogen-bond acceptors (Lipinski definition) is 3. The van der Waals surface area contributed by atoms with Crippen molar-refractivity contribution in [1.29, 1.82) is 0 Å². The van der Waals surface area contributed by atoms with Gasteiger partial charge < -0.3 is 20.6 Å². The molecule has 0 spiro atoms. The lowest BCUT2D eigenvalue weighted by molar-refractivity contribution is 0.414. The molecule has 5 nitrogen and oxygen atoms in total. The highest BCUT2D eigenvalue weighted by molar-refractivity contribution is 5.84. The zero-order chi connectivity index (χ0) is 14.8. The van der Waals surface area contributed by atoms with Crippen molar-refractivity contribution in [2.75, 3.05) is 20.6 Å². The average Bonchev–Trinajstić information content (AvgIpc) is 3.13. The van der Waals surface area contributed by atoms with Crippen molar-refractivity contribution >= 4 is 10.9 Å². The summed E-state index contributed by atoms with van der Waals surface area (Å²) in [5, 5.41) is 1.25. The van der Waals surface area contributed by atoms with Crippen molar-refractivity contribution in [3.63, 3.8) is 0 Å². The molecular weight excluding hydrogens is 262 g/mol. The van der Waals surface area contributed by atoms with Gasteiger partial charge in [0, 0.05) is 36.0 Å². The van der Waals surface area contributed by atoms with Gasteiger partial charge in [-0.25, -0.2) is 4.98 Å². The van der Waals surface area contributed by atoms with E-state index in [2.05, 4.69) is 58.3 Å². The number of likely N-dealkylation sites (N-methyl/N-ethyl adjacent to an activating group) is 1. The molecule has 3 rings (SSSR count). The van der Waals surface area contributed by atoms with Crippen LogP contribution in [0.3, 0.4) is 0 Å². The number of hydrogen-bond donors (Lipinski definition) is 3. The first-order chi connectivity index (χ1) is 10.1. The van der Waals surface area contributed by atoms with E-state index in [1.165, 1.54) is 10.9 Å². The Bertz CT molecular complexity index is 711. The summed E-state index contributed by atoms with van der Waals surface area (Å²) >= 11 is 0. The van der Waals surface area contributed by atoms with Crippen molar-refractivity contribution in [1.82, 2.24) is 19.9 Å². The smallest absolute Gasteiger partial charge is 0.127 e. The number of nitrogens with zero attached hydrogens (tertiary/aromatic N) is 2. The molecule has 3 aromatic rings. The third kappa shape index (κ3) is 2.84. The average molecular weight is 283 g/mol. The summed E-state index contributed by atoms with van der Waals surface area (Å²) in [5.74, 6) is 0.791. The molecule has 1 aromatic carbocycles. The van der Waals surface area contributed by atoms with Gasteiger partial charge in [0.15, 0.2) is 0 Å². The van der Waals surface area contributed by atoms with Gasteiger partial charge in [-0.3, -0.25) is 0 Å². The molecule has 0 amide bonds. The number of aromatic amines is 2. The normalized spacial score (nSPS) is 13.1. The minimum Gasteiger partial charge on any atom is -0.361 e. The summed E-state index contributed by atoms with van der Waals surface area (Å²) in [6.07, 6.45) is 6.64. The van der Waals surface area contributed by atoms with E-state index >= 15 is 0 Å². The van der Waals surface area contributed by atoms with Crippen LogP contribution < -0.4 is 5.73 Å². The maximum atomic E-state index is 6.28. The van der Waals surface area contributed by atoms with Crippen molar-refractivity contribution in [2.45, 2.75) is 12.5 Å². The standard InChI is InChI=1S/C16H21N5/c1-21(2)8-5-12-10-20-14-4-3-11(9-13(12)14)15(17)16-18-6-7-19-16/h3-4,6-7,9-10,15,20H,5,8,17H2,1-2H3,(H,18,19). The SMILES string of the molecule is CN(C)CCc1c[nH]c2ccc(C(N)c3ncc[nH]3)cc12. The van der Waals surface area contributed by atoms with Gasteiger partial charge in [-0.2, -0.15) is 0 Å². The maximum absolute atomic E-state index is 6.28. The molecule has 0 radical (unpaired) electrons. The van der Waals surface area contributed by atoms with E-state index < -0.39 is 0 Å². The second-order valence-electron chi connectivity index (χ2n) is 5.62. The quantitative estimate of drug-likeness (QED) is 0.671. The molecule has 0 aliphatic carbocycles. The van der Waals surface area contributed by atoms with E-state index in [0.717, 1.165) is 29.9 Å². The van der Waals surface area contributed by atoms with Crippen molar-refractivity contribution in [2.24, 2.45) is 5.73 Å². The molecule has 2 aromatic heterocycles. The maximum Gasteiger partial charge on any atom is 0.127 e. The fourth-order valence-electron chi connectivity index (χ4n) is 2.55. The van der Waals surface area contributed by atoms with Gasteiger partial charge in [0.1, 0.15) is 5.82 Å². The van der Waals surface area contributed by atoms with Gasteiger partial charge in [-0.15, -0.1) is 0 Å². The van der Waals surface area contributed by atoms with Gasteiger partial charge in [0.2, 0.25) is 0 Å². The zero-order valence-corrected chi connectivity index (χ0v) is 12.4. The lowest BCUT2D eigenvalue weighted by Gasteiger charge is -2.11. The number of aromatic nitrogens is 3. The van der Waals surface area contributed by atoms with Crippen LogP contribution in [0.1, 0.15) is 23.0 Å². The number of fused-ring (bicyclic) bond motifs is 1. The minimum absolute atomic E-state index is 0.221. The van der Waals surface area contributed by atoms with E-state index in [9.17, 15) is 0 Å². The first-order valence-corrected chi connectivity index (χ1v) is 7.14. The molecule has 21 heavy (non-hydrogen) atoms. The van der Waals surface area contributed by atoms with Crippen LogP contribution in [0.15, 0.2) is 36.8 Å². The zero-order valence-electron chi connectivity index (χ0n) is 12.4. The fraction of sp³-hybridized carbons (Fsp3) is 0.312. The van der Waals surface area contributed by atoms with Crippen LogP contribution in [0.4, 0.5) is 0 Å². The molecule has 0 aliphatic heterocycles. The monoisotopic (exact) mass is 283 g/mol. The predicted molar refractivity (Wildman–Crippen MR) is 85.2 cm³/mol. The molecule has 0 saturated carbocycles. The van der Waals surface area contributed by atoms with Crippen LogP contribution in [0.2, 0.25) is 0 Å². The molecule has 1 unspecified atom stereocenters. The van der Waals surface area contributed by atoms with Crippen LogP contribution in [-0.4, -0.2) is 40.5 Å². The van der Waals surface area contributed by atoms with Crippen LogP contribution in [0.25, 0.3) is 10.9 Å². The Balaban J connectivity index is 1.93. The van der Waals surface area contributed by atoms with E-state index in [1.54, 1.807) is 12.4 Å². The predicted octanol–water partition coefficient (Wildman–Crippen LogP) is 2.04. The van der Waals surface area contributed by atoms with Crippen LogP contribution >= 0.6 is 0 Å². The molecule has 110 valence electrons. The molecule has 0 fully saturated rings. The highest BCUT2D eigenvalue weighted by Crippen LogP contribution is 2.24. The van der Waals surface area contributed by atoms with Crippen molar-refractivity contribution in [3.8, 4) is 0 Å². The topological polar surface area (TPSA) is 73.7 Å².